The van der Waals surface area contributed by atoms with E-state index in [9.17, 15) is 4.79 Å². The van der Waals surface area contributed by atoms with E-state index in [1.807, 2.05) is 0 Å². The number of hydrogen-bond acceptors (Lipinski definition) is 2. The van der Waals surface area contributed by atoms with Crippen LogP contribution in [0, 0.1) is 5.41 Å². The van der Waals surface area contributed by atoms with Crippen molar-refractivity contribution in [2.75, 3.05) is 0 Å². The van der Waals surface area contributed by atoms with Gasteiger partial charge in [-0.1, -0.05) is 0 Å². The SMILES string of the molecule is CC(=N)C(C)=O.Cl. The summed E-state index contributed by atoms with van der Waals surface area (Å²) >= 11 is 0. The third-order valence-electron chi connectivity index (χ3n) is 0.528. The highest BCUT2D eigenvalue weighted by atomic mass is 35.5. The minimum atomic E-state index is -0.157. The molecular weight excluding hydrogens is 114 g/mol. The van der Waals surface area contributed by atoms with E-state index in [1.165, 1.54) is 13.8 Å². The van der Waals surface area contributed by atoms with Gasteiger partial charge in [-0.2, -0.15) is 0 Å². The Hall–Kier alpha value is -0.370. The molecule has 0 heterocycles. The first-order chi connectivity index (χ1) is 2.64. The quantitative estimate of drug-likeness (QED) is 0.518. The first kappa shape index (κ1) is 9.80. The summed E-state index contributed by atoms with van der Waals surface area (Å²) < 4.78 is 0. The van der Waals surface area contributed by atoms with Crippen molar-refractivity contribution in [2.24, 2.45) is 0 Å². The predicted molar refractivity (Wildman–Crippen MR) is 31.3 cm³/mol. The van der Waals surface area contributed by atoms with Crippen molar-refractivity contribution >= 4 is 23.9 Å². The Morgan fingerprint density at radius 3 is 1.57 bits per heavy atom. The molecule has 0 rings (SSSR count). The van der Waals surface area contributed by atoms with Crippen molar-refractivity contribution in [1.29, 1.82) is 5.41 Å². The Bertz CT molecular complexity index is 77.7. The molecule has 0 saturated heterocycles. The Morgan fingerprint density at radius 1 is 1.43 bits per heavy atom. The second kappa shape index (κ2) is 3.81. The average molecular weight is 122 g/mol. The topological polar surface area (TPSA) is 40.9 Å². The predicted octanol–water partition coefficient (Wildman–Crippen LogP) is 1.04. The number of Topliss-reactive ketones (excluding diaryl/α,β-unsaturated/α-hetero) is 1. The molecule has 0 fully saturated rings. The van der Waals surface area contributed by atoms with Crippen LogP contribution in [-0.2, 0) is 4.79 Å². The minimum Gasteiger partial charge on any atom is -0.302 e. The summed E-state index contributed by atoms with van der Waals surface area (Å²) in [5.41, 5.74) is 0.120. The lowest BCUT2D eigenvalue weighted by atomic mass is 10.3. The molecule has 0 saturated carbocycles. The molecule has 0 radical (unpaired) electrons. The van der Waals surface area contributed by atoms with E-state index in [2.05, 4.69) is 0 Å². The third-order valence-corrected chi connectivity index (χ3v) is 0.528. The van der Waals surface area contributed by atoms with Gasteiger partial charge in [-0.15, -0.1) is 12.4 Å². The van der Waals surface area contributed by atoms with Gasteiger partial charge in [0.05, 0.1) is 5.71 Å². The molecule has 0 amide bonds. The highest BCUT2D eigenvalue weighted by Gasteiger charge is 1.88. The first-order valence-electron chi connectivity index (χ1n) is 1.70. The van der Waals surface area contributed by atoms with Gasteiger partial charge in [-0.3, -0.25) is 4.79 Å². The van der Waals surface area contributed by atoms with E-state index in [-0.39, 0.29) is 23.9 Å². The molecule has 0 unspecified atom stereocenters. The van der Waals surface area contributed by atoms with Crippen molar-refractivity contribution in [3.63, 3.8) is 0 Å². The zero-order valence-corrected chi connectivity index (χ0v) is 5.13. The minimum absolute atomic E-state index is 0. The first-order valence-corrected chi connectivity index (χ1v) is 1.70. The van der Waals surface area contributed by atoms with E-state index < -0.39 is 0 Å². The Labute approximate surface area is 48.8 Å². The zero-order valence-electron chi connectivity index (χ0n) is 4.32. The van der Waals surface area contributed by atoms with Gasteiger partial charge in [0.25, 0.3) is 0 Å². The number of nitrogens with one attached hydrogen (secondary N) is 1. The van der Waals surface area contributed by atoms with Gasteiger partial charge in [0.1, 0.15) is 0 Å². The lowest BCUT2D eigenvalue weighted by molar-refractivity contribution is -0.111. The summed E-state index contributed by atoms with van der Waals surface area (Å²) in [6.07, 6.45) is 0. The lowest BCUT2D eigenvalue weighted by Gasteiger charge is -1.78. The number of ketones is 1. The van der Waals surface area contributed by atoms with Crippen LogP contribution in [0.15, 0.2) is 0 Å². The number of hydrogen-bond donors (Lipinski definition) is 1. The fraction of sp³-hybridized carbons (Fsp3) is 0.500. The second-order valence-corrected chi connectivity index (χ2v) is 1.18. The molecule has 0 aromatic carbocycles. The van der Waals surface area contributed by atoms with Gasteiger partial charge >= 0.3 is 0 Å². The van der Waals surface area contributed by atoms with Crippen molar-refractivity contribution in [2.45, 2.75) is 13.8 Å². The summed E-state index contributed by atoms with van der Waals surface area (Å²) in [5, 5.41) is 6.60. The molecule has 3 heteroatoms. The maximum atomic E-state index is 9.92. The van der Waals surface area contributed by atoms with Gasteiger partial charge in [0.2, 0.25) is 0 Å². The van der Waals surface area contributed by atoms with Gasteiger partial charge in [0.15, 0.2) is 5.78 Å². The molecular formula is C4H8ClNO. The highest BCUT2D eigenvalue weighted by Crippen LogP contribution is 1.67. The van der Waals surface area contributed by atoms with Crippen molar-refractivity contribution in [3.8, 4) is 0 Å². The molecule has 0 aromatic rings. The number of halogens is 1. The fourth-order valence-electron chi connectivity index (χ4n) is 0. The van der Waals surface area contributed by atoms with E-state index in [4.69, 9.17) is 5.41 Å². The average Bonchev–Trinajstić information content (AvgIpc) is 1.36. The Balaban J connectivity index is 0. The van der Waals surface area contributed by atoms with Gasteiger partial charge in [0, 0.05) is 6.92 Å². The monoisotopic (exact) mass is 121 g/mol. The second-order valence-electron chi connectivity index (χ2n) is 1.18. The van der Waals surface area contributed by atoms with Crippen LogP contribution in [0.3, 0.4) is 0 Å². The van der Waals surface area contributed by atoms with Crippen LogP contribution in [-0.4, -0.2) is 11.5 Å². The molecule has 0 aliphatic heterocycles. The van der Waals surface area contributed by atoms with Crippen LogP contribution in [0.2, 0.25) is 0 Å². The largest absolute Gasteiger partial charge is 0.302 e. The van der Waals surface area contributed by atoms with Crippen LogP contribution >= 0.6 is 12.4 Å². The van der Waals surface area contributed by atoms with Crippen molar-refractivity contribution in [3.05, 3.63) is 0 Å². The summed E-state index contributed by atoms with van der Waals surface area (Å²) in [6.45, 7) is 2.85. The van der Waals surface area contributed by atoms with E-state index in [0.29, 0.717) is 0 Å². The van der Waals surface area contributed by atoms with Crippen molar-refractivity contribution < 1.29 is 4.79 Å². The Morgan fingerprint density at radius 2 is 1.57 bits per heavy atom. The van der Waals surface area contributed by atoms with Crippen molar-refractivity contribution in [1.82, 2.24) is 0 Å². The standard InChI is InChI=1S/C4H7NO.ClH/c1-3(5)4(2)6;/h5H,1-2H3;1H. The fourth-order valence-corrected chi connectivity index (χ4v) is 0. The van der Waals surface area contributed by atoms with Crippen LogP contribution in [0.5, 0.6) is 0 Å². The molecule has 0 atom stereocenters. The number of rotatable bonds is 1. The van der Waals surface area contributed by atoms with Crippen LogP contribution in [0.25, 0.3) is 0 Å². The molecule has 1 N–H and O–H groups in total. The molecule has 0 aromatic heterocycles. The summed E-state index contributed by atoms with van der Waals surface area (Å²) in [7, 11) is 0. The summed E-state index contributed by atoms with van der Waals surface area (Å²) in [5.74, 6) is -0.157. The molecule has 0 aliphatic carbocycles. The number of carbonyl (C=O) groups is 1. The molecule has 7 heavy (non-hydrogen) atoms. The van der Waals surface area contributed by atoms with Gasteiger partial charge < -0.3 is 5.41 Å². The summed E-state index contributed by atoms with van der Waals surface area (Å²) in [4.78, 5) is 9.92. The van der Waals surface area contributed by atoms with E-state index in [1.54, 1.807) is 0 Å². The van der Waals surface area contributed by atoms with E-state index in [0.717, 1.165) is 0 Å². The van der Waals surface area contributed by atoms with Crippen LogP contribution in [0.1, 0.15) is 13.8 Å². The van der Waals surface area contributed by atoms with Gasteiger partial charge in [-0.05, 0) is 6.92 Å². The number of carbonyl (C=O) groups excluding carboxylic acids is 1. The highest BCUT2D eigenvalue weighted by molar-refractivity contribution is 6.36. The van der Waals surface area contributed by atoms with E-state index >= 15 is 0 Å². The van der Waals surface area contributed by atoms with Gasteiger partial charge in [-0.25, -0.2) is 0 Å². The zero-order chi connectivity index (χ0) is 5.15. The summed E-state index contributed by atoms with van der Waals surface area (Å²) in [6, 6.07) is 0. The Kier molecular flexibility index (Phi) is 5.33. The lowest BCUT2D eigenvalue weighted by Crippen LogP contribution is -2.00. The molecule has 42 valence electrons. The molecule has 0 aliphatic rings. The smallest absolute Gasteiger partial charge is 0.172 e. The normalized spacial score (nSPS) is 6.57. The maximum Gasteiger partial charge on any atom is 0.172 e. The maximum absolute atomic E-state index is 9.92. The molecule has 0 spiro atoms. The molecule has 0 bridgehead atoms. The van der Waals surface area contributed by atoms with Crippen LogP contribution < -0.4 is 0 Å². The molecule has 2 nitrogen and oxygen atoms in total. The third kappa shape index (κ3) is 5.63. The van der Waals surface area contributed by atoms with Crippen LogP contribution in [0.4, 0.5) is 0 Å².